The van der Waals surface area contributed by atoms with Crippen LogP contribution >= 0.6 is 0 Å². The molecule has 1 aromatic carbocycles. The number of nitrogens with zero attached hydrogens (tertiary/aromatic N) is 8. The van der Waals surface area contributed by atoms with Crippen LogP contribution in [0.3, 0.4) is 0 Å². The van der Waals surface area contributed by atoms with Crippen LogP contribution in [-0.2, 0) is 9.59 Å². The van der Waals surface area contributed by atoms with E-state index in [1.165, 1.54) is 20.8 Å². The Morgan fingerprint density at radius 1 is 0.852 bits per heavy atom. The van der Waals surface area contributed by atoms with Crippen molar-refractivity contribution in [2.24, 2.45) is 0 Å². The fourth-order valence-electron chi connectivity index (χ4n) is 9.54. The third kappa shape index (κ3) is 8.29. The molecule has 16 heteroatoms. The number of ketones is 3. The Morgan fingerprint density at radius 2 is 1.52 bits per heavy atom. The topological polar surface area (TPSA) is 171 Å². The molecule has 0 bridgehead atoms. The zero-order chi connectivity index (χ0) is 43.2. The smallest absolute Gasteiger partial charge is 0.263 e. The number of piperazine rings is 1. The van der Waals surface area contributed by atoms with Crippen LogP contribution in [0.2, 0.25) is 0 Å². The summed E-state index contributed by atoms with van der Waals surface area (Å²) in [6.07, 6.45) is 8.03. The predicted molar refractivity (Wildman–Crippen MR) is 229 cm³/mol. The van der Waals surface area contributed by atoms with Gasteiger partial charge < -0.3 is 19.9 Å². The number of piperidine rings is 1. The van der Waals surface area contributed by atoms with Crippen molar-refractivity contribution in [1.29, 1.82) is 0 Å². The van der Waals surface area contributed by atoms with Crippen molar-refractivity contribution in [2.45, 2.75) is 96.8 Å². The molecule has 3 fully saturated rings. The van der Waals surface area contributed by atoms with Crippen LogP contribution in [0.5, 0.6) is 0 Å². The number of hydrogen-bond acceptors (Lipinski definition) is 13. The molecule has 2 saturated heterocycles. The molecule has 2 amide bonds. The van der Waals surface area contributed by atoms with E-state index in [-0.39, 0.29) is 58.5 Å². The lowest BCUT2D eigenvalue weighted by Gasteiger charge is -2.42. The highest BCUT2D eigenvalue weighted by atomic mass is 19.1. The summed E-state index contributed by atoms with van der Waals surface area (Å²) in [5.41, 5.74) is 1.75. The molecule has 3 aromatic heterocycles. The van der Waals surface area contributed by atoms with Gasteiger partial charge in [0.1, 0.15) is 22.9 Å². The minimum Gasteiger partial charge on any atom is -0.371 e. The van der Waals surface area contributed by atoms with Crippen LogP contribution in [0.1, 0.15) is 115 Å². The highest BCUT2D eigenvalue weighted by Crippen LogP contribution is 2.35. The monoisotopic (exact) mass is 833 g/mol. The lowest BCUT2D eigenvalue weighted by atomic mass is 9.91. The molecule has 1 N–H and O–H groups in total. The van der Waals surface area contributed by atoms with Gasteiger partial charge in [0.15, 0.2) is 11.6 Å². The van der Waals surface area contributed by atoms with Gasteiger partial charge in [-0.2, -0.15) is 4.98 Å². The maximum atomic E-state index is 16.3. The van der Waals surface area contributed by atoms with Crippen LogP contribution in [0.25, 0.3) is 11.0 Å². The third-order valence-corrected chi connectivity index (χ3v) is 13.0. The molecule has 8 rings (SSSR count). The number of Topliss-reactive ketones (excluding diaryl/α,β-unsaturated/α-hetero) is 3. The number of aromatic nitrogens is 4. The SMILES string of the molecule is CC(=O)CCC(C(C)=O)N1C(=O)c2ccc(N3CCC(F)(CN4CCN(c5ccc(Nc6ncc7c(C)c(C(C)=O)c(=O)n(C8CCCC8)c7n6)nc5)CC4)CC3)cc2C1=O. The van der Waals surface area contributed by atoms with Crippen LogP contribution in [-0.4, -0.2) is 116 Å². The summed E-state index contributed by atoms with van der Waals surface area (Å²) in [5.74, 6) is -0.966. The third-order valence-electron chi connectivity index (χ3n) is 13.0. The average Bonchev–Trinajstić information content (AvgIpc) is 3.84. The number of nitrogens with one attached hydrogen (secondary N) is 1. The summed E-state index contributed by atoms with van der Waals surface area (Å²) in [6.45, 7) is 9.96. The summed E-state index contributed by atoms with van der Waals surface area (Å²) in [7, 11) is 0. The first-order valence-electron chi connectivity index (χ1n) is 21.3. The van der Waals surface area contributed by atoms with Gasteiger partial charge in [0, 0.05) is 88.4 Å². The number of anilines is 4. The first-order chi connectivity index (χ1) is 29.2. The highest BCUT2D eigenvalue weighted by Gasteiger charge is 2.43. The van der Waals surface area contributed by atoms with Gasteiger partial charge in [0.2, 0.25) is 5.95 Å². The molecule has 1 unspecified atom stereocenters. The summed E-state index contributed by atoms with van der Waals surface area (Å²) >= 11 is 0. The molecule has 15 nitrogen and oxygen atoms in total. The van der Waals surface area contributed by atoms with Crippen molar-refractivity contribution in [1.82, 2.24) is 29.3 Å². The number of hydrogen-bond donors (Lipinski definition) is 1. The molecule has 0 spiro atoms. The normalized spacial score (nSPS) is 18.8. The quantitative estimate of drug-likeness (QED) is 0.130. The highest BCUT2D eigenvalue weighted by molar-refractivity contribution is 6.23. The summed E-state index contributed by atoms with van der Waals surface area (Å²) in [5, 5.41) is 3.86. The molecule has 61 heavy (non-hydrogen) atoms. The van der Waals surface area contributed by atoms with E-state index < -0.39 is 23.5 Å². The first-order valence-corrected chi connectivity index (χ1v) is 21.3. The van der Waals surface area contributed by atoms with E-state index in [1.807, 2.05) is 17.0 Å². The molecule has 4 aliphatic rings. The maximum Gasteiger partial charge on any atom is 0.263 e. The Labute approximate surface area is 353 Å². The zero-order valence-corrected chi connectivity index (χ0v) is 35.2. The number of imide groups is 1. The lowest BCUT2D eigenvalue weighted by Crippen LogP contribution is -2.53. The van der Waals surface area contributed by atoms with Crippen LogP contribution in [0.15, 0.2) is 47.5 Å². The first kappa shape index (κ1) is 41.8. The fraction of sp³-hybridized carbons (Fsp3) is 0.489. The van der Waals surface area contributed by atoms with Gasteiger partial charge in [0.05, 0.1) is 34.6 Å². The van der Waals surface area contributed by atoms with Crippen molar-refractivity contribution in [3.05, 3.63) is 75.3 Å². The Morgan fingerprint density at radius 3 is 2.16 bits per heavy atom. The van der Waals surface area contributed by atoms with E-state index in [1.54, 1.807) is 42.1 Å². The van der Waals surface area contributed by atoms with Crippen molar-refractivity contribution >= 4 is 63.3 Å². The van der Waals surface area contributed by atoms with Gasteiger partial charge in [0.25, 0.3) is 17.4 Å². The Bertz CT molecular complexity index is 2470. The van der Waals surface area contributed by atoms with Crippen molar-refractivity contribution in [2.75, 3.05) is 60.9 Å². The van der Waals surface area contributed by atoms with Gasteiger partial charge in [-0.3, -0.25) is 38.3 Å². The number of pyridine rings is 2. The molecule has 4 aromatic rings. The van der Waals surface area contributed by atoms with E-state index in [0.29, 0.717) is 87.0 Å². The molecule has 320 valence electrons. The number of amides is 2. The van der Waals surface area contributed by atoms with E-state index in [9.17, 15) is 28.8 Å². The molecule has 1 aliphatic carbocycles. The van der Waals surface area contributed by atoms with Crippen LogP contribution in [0.4, 0.5) is 27.5 Å². The lowest BCUT2D eigenvalue weighted by molar-refractivity contribution is -0.121. The number of aryl methyl sites for hydroxylation is 1. The van der Waals surface area contributed by atoms with E-state index in [4.69, 9.17) is 4.98 Å². The average molecular weight is 834 g/mol. The molecule has 6 heterocycles. The van der Waals surface area contributed by atoms with Gasteiger partial charge >= 0.3 is 0 Å². The molecular formula is C45H52FN9O6. The van der Waals surface area contributed by atoms with E-state index in [0.717, 1.165) is 42.0 Å². The second-order valence-corrected chi connectivity index (χ2v) is 17.1. The molecule has 1 atom stereocenters. The minimum atomic E-state index is -1.37. The number of carbonyl (C=O) groups is 5. The summed E-state index contributed by atoms with van der Waals surface area (Å²) in [6, 6.07) is 7.87. The van der Waals surface area contributed by atoms with Crippen molar-refractivity contribution in [3.8, 4) is 0 Å². The van der Waals surface area contributed by atoms with Gasteiger partial charge in [-0.25, -0.2) is 14.4 Å². The number of carbonyl (C=O) groups excluding carboxylic acids is 5. The zero-order valence-electron chi connectivity index (χ0n) is 35.2. The number of benzene rings is 1. The number of fused-ring (bicyclic) bond motifs is 2. The Balaban J connectivity index is 0.851. The van der Waals surface area contributed by atoms with Crippen LogP contribution < -0.4 is 20.7 Å². The van der Waals surface area contributed by atoms with Crippen molar-refractivity contribution in [3.63, 3.8) is 0 Å². The van der Waals surface area contributed by atoms with Crippen molar-refractivity contribution < 1.29 is 28.4 Å². The summed E-state index contributed by atoms with van der Waals surface area (Å²) in [4.78, 5) is 98.0. The maximum absolute atomic E-state index is 16.3. The largest absolute Gasteiger partial charge is 0.371 e. The second-order valence-electron chi connectivity index (χ2n) is 17.1. The van der Waals surface area contributed by atoms with Gasteiger partial charge in [-0.1, -0.05) is 12.8 Å². The number of halogens is 1. The Hall–Kier alpha value is -5.90. The second kappa shape index (κ2) is 16.9. The molecule has 0 radical (unpaired) electrons. The van der Waals surface area contributed by atoms with E-state index in [2.05, 4.69) is 25.1 Å². The fourth-order valence-corrected chi connectivity index (χ4v) is 9.54. The van der Waals surface area contributed by atoms with Gasteiger partial charge in [-0.05, 0) is 82.9 Å². The molecule has 3 aliphatic heterocycles. The Kier molecular flexibility index (Phi) is 11.6. The standard InChI is InChI=1S/C45H52FN9O6/c1-27(56)9-13-37(29(3)57)55-41(59)34-12-10-32(23-35(34)42(55)60)52-17-15-45(46,16-18-52)26-51-19-21-53(22-20-51)33-11-14-38(47-24-33)49-44-48-25-36-28(2)39(30(4)58)43(61)54(40(36)50-44)31-7-5-6-8-31/h10-12,14,23-25,31,37H,5-9,13,15-22,26H2,1-4H3,(H,47,48,49,50). The molecule has 1 saturated carbocycles. The van der Waals surface area contributed by atoms with Gasteiger partial charge in [-0.15, -0.1) is 0 Å². The molecular weight excluding hydrogens is 782 g/mol. The number of alkyl halides is 1. The number of rotatable bonds is 13. The van der Waals surface area contributed by atoms with E-state index >= 15 is 4.39 Å². The van der Waals surface area contributed by atoms with Crippen LogP contribution in [0, 0.1) is 6.92 Å². The summed E-state index contributed by atoms with van der Waals surface area (Å²) < 4.78 is 18.0. The predicted octanol–water partition coefficient (Wildman–Crippen LogP) is 5.61. The minimum absolute atomic E-state index is 0.0168.